The highest BCUT2D eigenvalue weighted by Crippen LogP contribution is 2.37. The average Bonchev–Trinajstić information content (AvgIpc) is 2.26. The van der Waals surface area contributed by atoms with Gasteiger partial charge in [-0.1, -0.05) is 6.92 Å². The van der Waals surface area contributed by atoms with Crippen LogP contribution in [0.1, 0.15) is 46.0 Å². The summed E-state index contributed by atoms with van der Waals surface area (Å²) in [5.74, 6) is 0. The zero-order valence-corrected chi connectivity index (χ0v) is 11.7. The fourth-order valence-electron chi connectivity index (χ4n) is 3.30. The van der Waals surface area contributed by atoms with Crippen LogP contribution in [0.5, 0.6) is 0 Å². The Kier molecular flexibility index (Phi) is 4.45. The summed E-state index contributed by atoms with van der Waals surface area (Å²) in [6.45, 7) is 8.03. The van der Waals surface area contributed by atoms with Gasteiger partial charge >= 0.3 is 0 Å². The molecule has 0 bridgehead atoms. The van der Waals surface area contributed by atoms with Crippen molar-refractivity contribution in [3.63, 3.8) is 0 Å². The van der Waals surface area contributed by atoms with Crippen molar-refractivity contribution in [1.29, 1.82) is 0 Å². The van der Waals surface area contributed by atoms with Crippen molar-refractivity contribution < 1.29 is 4.74 Å². The summed E-state index contributed by atoms with van der Waals surface area (Å²) in [7, 11) is 1.88. The van der Waals surface area contributed by atoms with Crippen molar-refractivity contribution in [1.82, 2.24) is 10.2 Å². The molecule has 2 unspecified atom stereocenters. The van der Waals surface area contributed by atoms with Gasteiger partial charge in [-0.05, 0) is 45.6 Å². The van der Waals surface area contributed by atoms with E-state index >= 15 is 0 Å². The van der Waals surface area contributed by atoms with E-state index in [0.717, 1.165) is 19.1 Å². The predicted molar refractivity (Wildman–Crippen MR) is 71.3 cm³/mol. The van der Waals surface area contributed by atoms with Gasteiger partial charge in [0.2, 0.25) is 0 Å². The second-order valence-corrected chi connectivity index (χ2v) is 5.84. The average molecular weight is 240 g/mol. The molecular formula is C14H28N2O. The van der Waals surface area contributed by atoms with Crippen molar-refractivity contribution in [3.05, 3.63) is 0 Å². The third-order valence-electron chi connectivity index (χ3n) is 4.70. The monoisotopic (exact) mass is 240 g/mol. The van der Waals surface area contributed by atoms with E-state index in [4.69, 9.17) is 4.74 Å². The van der Waals surface area contributed by atoms with E-state index in [1.165, 1.54) is 38.6 Å². The Hall–Kier alpha value is -0.120. The molecule has 17 heavy (non-hydrogen) atoms. The summed E-state index contributed by atoms with van der Waals surface area (Å²) in [6.07, 6.45) is 6.43. The number of likely N-dealkylation sites (tertiary alicyclic amines) is 1. The molecule has 0 aromatic carbocycles. The number of hydrogen-bond acceptors (Lipinski definition) is 3. The molecule has 1 heterocycles. The van der Waals surface area contributed by atoms with Crippen LogP contribution in [0.15, 0.2) is 0 Å². The predicted octanol–water partition coefficient (Wildman–Crippen LogP) is 2.02. The molecule has 0 aromatic heterocycles. The van der Waals surface area contributed by atoms with Gasteiger partial charge in [-0.15, -0.1) is 0 Å². The minimum Gasteiger partial charge on any atom is -0.377 e. The van der Waals surface area contributed by atoms with Crippen LogP contribution in [0.4, 0.5) is 0 Å². The zero-order valence-electron chi connectivity index (χ0n) is 11.7. The number of methoxy groups -OCH3 is 1. The molecule has 1 aliphatic carbocycles. The molecule has 100 valence electrons. The molecule has 1 saturated carbocycles. The third kappa shape index (κ3) is 3.01. The van der Waals surface area contributed by atoms with Crippen molar-refractivity contribution in [2.24, 2.45) is 0 Å². The fraction of sp³-hybridized carbons (Fsp3) is 1.00. The van der Waals surface area contributed by atoms with Crippen molar-refractivity contribution in [2.45, 2.75) is 63.6 Å². The van der Waals surface area contributed by atoms with Gasteiger partial charge in [0.1, 0.15) is 0 Å². The smallest absolute Gasteiger partial charge is 0.0805 e. The van der Waals surface area contributed by atoms with E-state index in [1.54, 1.807) is 0 Å². The SMILES string of the molecule is CCNC1CCN(CC2(OC)CCC2)C(C)C1. The van der Waals surface area contributed by atoms with Crippen molar-refractivity contribution >= 4 is 0 Å². The molecule has 1 aliphatic heterocycles. The van der Waals surface area contributed by atoms with Crippen molar-refractivity contribution in [3.8, 4) is 0 Å². The zero-order chi connectivity index (χ0) is 12.3. The van der Waals surface area contributed by atoms with Crippen LogP contribution in [0.3, 0.4) is 0 Å². The Morgan fingerprint density at radius 1 is 1.41 bits per heavy atom. The lowest BCUT2D eigenvalue weighted by atomic mass is 9.79. The maximum Gasteiger partial charge on any atom is 0.0805 e. The van der Waals surface area contributed by atoms with E-state index in [2.05, 4.69) is 24.1 Å². The van der Waals surface area contributed by atoms with Crippen LogP contribution in [0.25, 0.3) is 0 Å². The molecule has 0 amide bonds. The summed E-state index contributed by atoms with van der Waals surface area (Å²) in [5, 5.41) is 3.58. The summed E-state index contributed by atoms with van der Waals surface area (Å²) < 4.78 is 5.74. The number of hydrogen-bond donors (Lipinski definition) is 1. The van der Waals surface area contributed by atoms with Gasteiger partial charge in [0, 0.05) is 32.3 Å². The van der Waals surface area contributed by atoms with E-state index in [0.29, 0.717) is 6.04 Å². The highest BCUT2D eigenvalue weighted by atomic mass is 16.5. The molecule has 3 heteroatoms. The molecule has 2 fully saturated rings. The first-order valence-electron chi connectivity index (χ1n) is 7.22. The molecule has 1 saturated heterocycles. The van der Waals surface area contributed by atoms with E-state index in [-0.39, 0.29) is 5.60 Å². The first-order chi connectivity index (χ1) is 8.19. The Morgan fingerprint density at radius 2 is 2.18 bits per heavy atom. The molecule has 0 aromatic rings. The van der Waals surface area contributed by atoms with Gasteiger partial charge in [0.25, 0.3) is 0 Å². The largest absolute Gasteiger partial charge is 0.377 e. The molecule has 2 rings (SSSR count). The van der Waals surface area contributed by atoms with Gasteiger partial charge in [-0.25, -0.2) is 0 Å². The van der Waals surface area contributed by atoms with Crippen LogP contribution in [-0.4, -0.2) is 49.3 Å². The fourth-order valence-corrected chi connectivity index (χ4v) is 3.30. The lowest BCUT2D eigenvalue weighted by Crippen LogP contribution is -2.55. The summed E-state index contributed by atoms with van der Waals surface area (Å²) in [4.78, 5) is 2.64. The summed E-state index contributed by atoms with van der Waals surface area (Å²) in [5.41, 5.74) is 0.194. The van der Waals surface area contributed by atoms with Crippen LogP contribution < -0.4 is 5.32 Å². The molecular weight excluding hydrogens is 212 g/mol. The number of piperidine rings is 1. The first-order valence-corrected chi connectivity index (χ1v) is 7.22. The summed E-state index contributed by atoms with van der Waals surface area (Å²) in [6, 6.07) is 1.42. The lowest BCUT2D eigenvalue weighted by Gasteiger charge is -2.47. The Labute approximate surface area is 106 Å². The normalized spacial score (nSPS) is 33.4. The highest BCUT2D eigenvalue weighted by Gasteiger charge is 2.40. The standard InChI is InChI=1S/C14H28N2O/c1-4-15-13-6-9-16(12(2)10-13)11-14(17-3)7-5-8-14/h12-13,15H,4-11H2,1-3H3. The minimum absolute atomic E-state index is 0.194. The molecule has 2 atom stereocenters. The second kappa shape index (κ2) is 5.68. The quantitative estimate of drug-likeness (QED) is 0.795. The van der Waals surface area contributed by atoms with Gasteiger partial charge < -0.3 is 10.1 Å². The van der Waals surface area contributed by atoms with E-state index in [1.807, 2.05) is 7.11 Å². The van der Waals surface area contributed by atoms with Crippen molar-refractivity contribution in [2.75, 3.05) is 26.7 Å². The Bertz CT molecular complexity index is 235. The Balaban J connectivity index is 1.82. The van der Waals surface area contributed by atoms with Crippen LogP contribution in [0.2, 0.25) is 0 Å². The maximum atomic E-state index is 5.74. The molecule has 2 aliphatic rings. The summed E-state index contributed by atoms with van der Waals surface area (Å²) >= 11 is 0. The molecule has 0 radical (unpaired) electrons. The van der Waals surface area contributed by atoms with Crippen LogP contribution >= 0.6 is 0 Å². The molecule has 1 N–H and O–H groups in total. The minimum atomic E-state index is 0.194. The van der Waals surface area contributed by atoms with Gasteiger partial charge in [0.05, 0.1) is 5.60 Å². The molecule has 3 nitrogen and oxygen atoms in total. The van der Waals surface area contributed by atoms with Gasteiger partial charge in [-0.2, -0.15) is 0 Å². The topological polar surface area (TPSA) is 24.5 Å². The van der Waals surface area contributed by atoms with E-state index in [9.17, 15) is 0 Å². The first kappa shape index (κ1) is 13.3. The molecule has 0 spiro atoms. The number of nitrogens with zero attached hydrogens (tertiary/aromatic N) is 1. The second-order valence-electron chi connectivity index (χ2n) is 5.84. The lowest BCUT2D eigenvalue weighted by molar-refractivity contribution is -0.101. The number of ether oxygens (including phenoxy) is 1. The van der Waals surface area contributed by atoms with Crippen LogP contribution in [-0.2, 0) is 4.74 Å². The van der Waals surface area contributed by atoms with Gasteiger partial charge in [0.15, 0.2) is 0 Å². The van der Waals surface area contributed by atoms with E-state index < -0.39 is 0 Å². The maximum absolute atomic E-state index is 5.74. The van der Waals surface area contributed by atoms with Crippen LogP contribution in [0, 0.1) is 0 Å². The number of nitrogens with one attached hydrogen (secondary N) is 1. The third-order valence-corrected chi connectivity index (χ3v) is 4.70. The van der Waals surface area contributed by atoms with Gasteiger partial charge in [-0.3, -0.25) is 4.90 Å². The highest BCUT2D eigenvalue weighted by molar-refractivity contribution is 4.95. The Morgan fingerprint density at radius 3 is 2.65 bits per heavy atom. The number of rotatable bonds is 5.